The van der Waals surface area contributed by atoms with Crippen molar-refractivity contribution in [1.29, 1.82) is 0 Å². The monoisotopic (exact) mass is 478 g/mol. The number of hydrogen-bond donors (Lipinski definition) is 2. The van der Waals surface area contributed by atoms with E-state index in [1.807, 2.05) is 31.2 Å². The largest absolute Gasteiger partial charge is 0.481 e. The zero-order chi connectivity index (χ0) is 24.9. The zero-order valence-electron chi connectivity index (χ0n) is 20.4. The average Bonchev–Trinajstić information content (AvgIpc) is 3.18. The highest BCUT2D eigenvalue weighted by molar-refractivity contribution is 5.87. The van der Waals surface area contributed by atoms with Gasteiger partial charge in [-0.3, -0.25) is 9.59 Å². The van der Waals surface area contributed by atoms with Crippen LogP contribution in [0.15, 0.2) is 48.5 Å². The summed E-state index contributed by atoms with van der Waals surface area (Å²) in [7, 11) is 0. The predicted molar refractivity (Wildman–Crippen MR) is 133 cm³/mol. The molecule has 0 unspecified atom stereocenters. The number of hydrogen-bond acceptors (Lipinski definition) is 4. The number of carboxylic acids is 1. The maximum Gasteiger partial charge on any atom is 0.407 e. The molecule has 2 aromatic rings. The number of piperidine rings is 1. The van der Waals surface area contributed by atoms with Gasteiger partial charge < -0.3 is 20.1 Å². The number of alkyl carbamates (subject to hydrolysis) is 1. The fourth-order valence-electron chi connectivity index (χ4n) is 5.43. The Morgan fingerprint density at radius 2 is 1.71 bits per heavy atom. The summed E-state index contributed by atoms with van der Waals surface area (Å²) in [4.78, 5) is 39.4. The van der Waals surface area contributed by atoms with Crippen molar-refractivity contribution in [3.8, 4) is 11.1 Å². The first-order valence-electron chi connectivity index (χ1n) is 12.6. The van der Waals surface area contributed by atoms with Crippen LogP contribution in [0.2, 0.25) is 0 Å². The minimum absolute atomic E-state index is 0.0589. The number of likely N-dealkylation sites (tertiary alicyclic amines) is 1. The molecule has 0 radical (unpaired) electrons. The first-order valence-corrected chi connectivity index (χ1v) is 12.6. The number of nitrogens with one attached hydrogen (secondary N) is 1. The molecule has 2 aliphatic rings. The van der Waals surface area contributed by atoms with E-state index >= 15 is 0 Å². The Morgan fingerprint density at radius 3 is 2.31 bits per heavy atom. The summed E-state index contributed by atoms with van der Waals surface area (Å²) in [5.41, 5.74) is 4.56. The average molecular weight is 479 g/mol. The van der Waals surface area contributed by atoms with Crippen LogP contribution in [-0.4, -0.2) is 53.2 Å². The minimum atomic E-state index is -0.885. The Hall–Kier alpha value is -3.35. The molecular formula is C28H34N2O5. The van der Waals surface area contributed by atoms with Crippen LogP contribution in [0.25, 0.3) is 11.1 Å². The van der Waals surface area contributed by atoms with Gasteiger partial charge in [-0.05, 0) is 48.4 Å². The van der Waals surface area contributed by atoms with E-state index in [4.69, 9.17) is 4.74 Å². The molecule has 3 atom stereocenters. The van der Waals surface area contributed by atoms with E-state index < -0.39 is 30.1 Å². The summed E-state index contributed by atoms with van der Waals surface area (Å²) in [6.45, 7) is 4.48. The third-order valence-electron chi connectivity index (χ3n) is 7.37. The van der Waals surface area contributed by atoms with Gasteiger partial charge in [0.2, 0.25) is 5.91 Å². The highest BCUT2D eigenvalue weighted by Crippen LogP contribution is 2.44. The second-order valence-electron chi connectivity index (χ2n) is 9.52. The summed E-state index contributed by atoms with van der Waals surface area (Å²) in [6.07, 6.45) is 2.70. The number of benzene rings is 2. The second-order valence-corrected chi connectivity index (χ2v) is 9.52. The van der Waals surface area contributed by atoms with E-state index in [1.165, 1.54) is 0 Å². The quantitative estimate of drug-likeness (QED) is 0.568. The van der Waals surface area contributed by atoms with E-state index in [-0.39, 0.29) is 18.4 Å². The van der Waals surface area contributed by atoms with Gasteiger partial charge in [0.05, 0.1) is 5.92 Å². The number of rotatable bonds is 8. The highest BCUT2D eigenvalue weighted by Gasteiger charge is 2.38. The van der Waals surface area contributed by atoms with Gasteiger partial charge in [-0.2, -0.15) is 0 Å². The van der Waals surface area contributed by atoms with Gasteiger partial charge in [-0.25, -0.2) is 4.79 Å². The van der Waals surface area contributed by atoms with E-state index in [0.717, 1.165) is 35.1 Å². The van der Waals surface area contributed by atoms with Crippen LogP contribution in [0.3, 0.4) is 0 Å². The summed E-state index contributed by atoms with van der Waals surface area (Å²) >= 11 is 0. The molecule has 1 aliphatic carbocycles. The number of carboxylic acid groups (broad SMARTS) is 1. The Labute approximate surface area is 206 Å². The third-order valence-corrected chi connectivity index (χ3v) is 7.37. The topological polar surface area (TPSA) is 95.9 Å². The van der Waals surface area contributed by atoms with E-state index in [2.05, 4.69) is 29.6 Å². The van der Waals surface area contributed by atoms with E-state index in [0.29, 0.717) is 25.8 Å². The van der Waals surface area contributed by atoms with Gasteiger partial charge in [0.25, 0.3) is 0 Å². The molecule has 0 bridgehead atoms. The van der Waals surface area contributed by atoms with Crippen molar-refractivity contribution in [1.82, 2.24) is 10.2 Å². The number of ether oxygens (including phenoxy) is 1. The molecule has 1 saturated heterocycles. The molecule has 1 aliphatic heterocycles. The number of fused-ring (bicyclic) bond motifs is 3. The molecule has 2 amide bonds. The summed E-state index contributed by atoms with van der Waals surface area (Å²) in [5, 5.41) is 12.3. The third kappa shape index (κ3) is 5.19. The predicted octanol–water partition coefficient (Wildman–Crippen LogP) is 4.80. The SMILES string of the molecule is CCCC[C@H](NC(=O)OCC1c2ccccc2-c2ccccc21)C(=O)N1CCC[C@@H](C(=O)O)[C@H]1C. The molecule has 0 aromatic heterocycles. The molecule has 2 N–H and O–H groups in total. The van der Waals surface area contributed by atoms with Crippen molar-refractivity contribution in [2.75, 3.05) is 13.2 Å². The molecule has 2 aromatic carbocycles. The molecule has 4 rings (SSSR count). The summed E-state index contributed by atoms with van der Waals surface area (Å²) < 4.78 is 5.66. The molecule has 0 spiro atoms. The van der Waals surface area contributed by atoms with Crippen LogP contribution < -0.4 is 5.32 Å². The first kappa shape index (κ1) is 24.8. The van der Waals surface area contributed by atoms with Crippen LogP contribution in [0.1, 0.15) is 63.0 Å². The smallest absolute Gasteiger partial charge is 0.407 e. The molecule has 1 fully saturated rings. The fourth-order valence-corrected chi connectivity index (χ4v) is 5.43. The van der Waals surface area contributed by atoms with Gasteiger partial charge in [-0.1, -0.05) is 68.3 Å². The lowest BCUT2D eigenvalue weighted by atomic mass is 9.89. The summed E-state index contributed by atoms with van der Waals surface area (Å²) in [5.74, 6) is -1.76. The lowest BCUT2D eigenvalue weighted by molar-refractivity contribution is -0.149. The van der Waals surface area contributed by atoms with Crippen molar-refractivity contribution < 1.29 is 24.2 Å². The molecule has 35 heavy (non-hydrogen) atoms. The normalized spacial score (nSPS) is 20.0. The van der Waals surface area contributed by atoms with Crippen molar-refractivity contribution in [3.63, 3.8) is 0 Å². The number of amides is 2. The van der Waals surface area contributed by atoms with Gasteiger partial charge in [0.15, 0.2) is 0 Å². The fraction of sp³-hybridized carbons (Fsp3) is 0.464. The first-order chi connectivity index (χ1) is 16.9. The molecule has 186 valence electrons. The highest BCUT2D eigenvalue weighted by atomic mass is 16.5. The van der Waals surface area contributed by atoms with Gasteiger partial charge in [-0.15, -0.1) is 0 Å². The number of unbranched alkanes of at least 4 members (excludes halogenated alkanes) is 1. The lowest BCUT2D eigenvalue weighted by Crippen LogP contribution is -2.56. The minimum Gasteiger partial charge on any atom is -0.481 e. The maximum absolute atomic E-state index is 13.4. The van der Waals surface area contributed by atoms with Crippen molar-refractivity contribution in [2.24, 2.45) is 5.92 Å². The number of nitrogens with zero attached hydrogens (tertiary/aromatic N) is 1. The Balaban J connectivity index is 1.43. The molecule has 1 heterocycles. The van der Waals surface area contributed by atoms with E-state index in [9.17, 15) is 19.5 Å². The standard InChI is InChI=1S/C28H34N2O5/c1-3-4-15-25(26(31)30-16-9-14-19(18(30)2)27(32)33)29-28(34)35-17-24-22-12-7-5-10-20(22)21-11-6-8-13-23(21)24/h5-8,10-13,18-19,24-25H,3-4,9,14-17H2,1-2H3,(H,29,34)(H,32,33)/t18-,19-,25+/m1/s1. The zero-order valence-corrected chi connectivity index (χ0v) is 20.4. The van der Waals surface area contributed by atoms with Crippen LogP contribution in [0, 0.1) is 5.92 Å². The van der Waals surface area contributed by atoms with Crippen LogP contribution >= 0.6 is 0 Å². The van der Waals surface area contributed by atoms with Crippen molar-refractivity contribution in [2.45, 2.75) is 64.0 Å². The van der Waals surface area contributed by atoms with Crippen LogP contribution in [0.5, 0.6) is 0 Å². The maximum atomic E-state index is 13.4. The Bertz CT molecular complexity index is 1040. The van der Waals surface area contributed by atoms with Crippen molar-refractivity contribution >= 4 is 18.0 Å². The number of carbonyl (C=O) groups is 3. The van der Waals surface area contributed by atoms with E-state index in [1.54, 1.807) is 11.8 Å². The van der Waals surface area contributed by atoms with Crippen LogP contribution in [-0.2, 0) is 14.3 Å². The molecule has 7 heteroatoms. The summed E-state index contributed by atoms with van der Waals surface area (Å²) in [6, 6.07) is 15.1. The molecular weight excluding hydrogens is 444 g/mol. The molecule has 0 saturated carbocycles. The van der Waals surface area contributed by atoms with Gasteiger partial charge >= 0.3 is 12.1 Å². The van der Waals surface area contributed by atoms with Gasteiger partial charge in [0, 0.05) is 18.5 Å². The Morgan fingerprint density at radius 1 is 1.09 bits per heavy atom. The second kappa shape index (κ2) is 10.9. The number of carbonyl (C=O) groups excluding carboxylic acids is 2. The van der Waals surface area contributed by atoms with Crippen molar-refractivity contribution in [3.05, 3.63) is 59.7 Å². The van der Waals surface area contributed by atoms with Gasteiger partial charge in [0.1, 0.15) is 12.6 Å². The number of aliphatic carboxylic acids is 1. The lowest BCUT2D eigenvalue weighted by Gasteiger charge is -2.39. The Kier molecular flexibility index (Phi) is 7.73. The molecule has 7 nitrogen and oxygen atoms in total. The van der Waals surface area contributed by atoms with Crippen LogP contribution in [0.4, 0.5) is 4.79 Å².